The average molecular weight is 378 g/mol. The molecule has 0 saturated heterocycles. The van der Waals surface area contributed by atoms with Crippen LogP contribution >= 0.6 is 0 Å². The smallest absolute Gasteiger partial charge is 0.246 e. The fourth-order valence-electron chi connectivity index (χ4n) is 2.21. The molecule has 0 saturated carbocycles. The topological polar surface area (TPSA) is 126 Å². The zero-order valence-corrected chi connectivity index (χ0v) is 15.9. The minimum Gasteiger partial charge on any atom is -0.359 e. The summed E-state index contributed by atoms with van der Waals surface area (Å²) in [5, 5.41) is 10.3. The quantitative estimate of drug-likeness (QED) is 0.423. The van der Waals surface area contributed by atoms with Gasteiger partial charge in [0.25, 0.3) is 0 Å². The molecule has 1 aromatic carbocycles. The molecule has 9 heteroatoms. The van der Waals surface area contributed by atoms with E-state index < -0.39 is 23.9 Å². The van der Waals surface area contributed by atoms with E-state index in [2.05, 4.69) is 26.1 Å². The molecular formula is C18H26N4O5. The zero-order chi connectivity index (χ0) is 20.4. The molecule has 0 radical (unpaired) electrons. The largest absolute Gasteiger partial charge is 0.359 e. The lowest BCUT2D eigenvalue weighted by molar-refractivity contribution is -0.131. The summed E-state index contributed by atoms with van der Waals surface area (Å²) in [4.78, 5) is 50.6. The summed E-state index contributed by atoms with van der Waals surface area (Å²) in [6.07, 6.45) is 0.274. The van der Waals surface area contributed by atoms with Crippen molar-refractivity contribution in [1.82, 2.24) is 10.6 Å². The molecule has 0 aliphatic heterocycles. The first-order valence-electron chi connectivity index (χ1n) is 8.72. The Labute approximate surface area is 158 Å². The Morgan fingerprint density at radius 3 is 2.19 bits per heavy atom. The first-order chi connectivity index (χ1) is 12.8. The van der Waals surface area contributed by atoms with Crippen LogP contribution in [0.15, 0.2) is 29.6 Å². The van der Waals surface area contributed by atoms with Gasteiger partial charge in [0.1, 0.15) is 18.7 Å². The highest BCUT2D eigenvalue weighted by molar-refractivity contribution is 5.98. The van der Waals surface area contributed by atoms with Crippen molar-refractivity contribution in [3.8, 4) is 0 Å². The lowest BCUT2D eigenvalue weighted by atomic mass is 10.0. The molecule has 3 N–H and O–H groups in total. The highest BCUT2D eigenvalue weighted by atomic mass is 16.7. The van der Waals surface area contributed by atoms with Gasteiger partial charge in [-0.25, -0.2) is 0 Å². The van der Waals surface area contributed by atoms with Gasteiger partial charge in [-0.15, -0.1) is 4.91 Å². The number of nitrogens with one attached hydrogen (secondary N) is 3. The molecule has 0 heterocycles. The molecule has 1 rings (SSSR count). The summed E-state index contributed by atoms with van der Waals surface area (Å²) in [5.41, 5.74) is 1.25. The average Bonchev–Trinajstić information content (AvgIpc) is 2.64. The zero-order valence-electron chi connectivity index (χ0n) is 15.9. The molecule has 27 heavy (non-hydrogen) atoms. The van der Waals surface area contributed by atoms with Crippen molar-refractivity contribution in [2.75, 3.05) is 5.32 Å². The molecule has 2 atom stereocenters. The first kappa shape index (κ1) is 22.1. The van der Waals surface area contributed by atoms with Crippen LogP contribution in [0.1, 0.15) is 39.7 Å². The molecule has 0 fully saturated rings. The van der Waals surface area contributed by atoms with Gasteiger partial charge in [0.2, 0.25) is 17.7 Å². The van der Waals surface area contributed by atoms with Crippen LogP contribution in [0.25, 0.3) is 0 Å². The predicted octanol–water partition coefficient (Wildman–Crippen LogP) is 1.88. The van der Waals surface area contributed by atoms with Crippen molar-refractivity contribution < 1.29 is 19.2 Å². The van der Waals surface area contributed by atoms with E-state index in [4.69, 9.17) is 0 Å². The van der Waals surface area contributed by atoms with E-state index in [1.54, 1.807) is 38.1 Å². The summed E-state index contributed by atoms with van der Waals surface area (Å²) in [6, 6.07) is 5.15. The number of anilines is 1. The third kappa shape index (κ3) is 7.43. The summed E-state index contributed by atoms with van der Waals surface area (Å²) in [7, 11) is 0. The fraction of sp³-hybridized carbons (Fsp3) is 0.500. The Balaban J connectivity index is 2.63. The monoisotopic (exact) mass is 378 g/mol. The van der Waals surface area contributed by atoms with Crippen LogP contribution in [0.3, 0.4) is 0 Å². The highest BCUT2D eigenvalue weighted by Crippen LogP contribution is 2.11. The number of hydrogen-bond donors (Lipinski definition) is 3. The normalized spacial score (nSPS) is 12.6. The Kier molecular flexibility index (Phi) is 8.91. The second-order valence-corrected chi connectivity index (χ2v) is 6.41. The van der Waals surface area contributed by atoms with E-state index in [0.717, 1.165) is 5.56 Å². The van der Waals surface area contributed by atoms with Crippen molar-refractivity contribution in [1.29, 1.82) is 0 Å². The lowest BCUT2D eigenvalue weighted by Gasteiger charge is -2.23. The van der Waals surface area contributed by atoms with Crippen LogP contribution in [0.4, 0.5) is 5.69 Å². The van der Waals surface area contributed by atoms with Crippen LogP contribution in [0.2, 0.25) is 0 Å². The second-order valence-electron chi connectivity index (χ2n) is 6.41. The molecule has 1 aromatic rings. The summed E-state index contributed by atoms with van der Waals surface area (Å²) < 4.78 is 0. The maximum absolute atomic E-state index is 12.4. The van der Waals surface area contributed by atoms with Gasteiger partial charge in [0, 0.05) is 12.1 Å². The van der Waals surface area contributed by atoms with Crippen molar-refractivity contribution in [2.45, 2.75) is 52.8 Å². The maximum Gasteiger partial charge on any atom is 0.246 e. The van der Waals surface area contributed by atoms with E-state index in [-0.39, 0.29) is 24.9 Å². The van der Waals surface area contributed by atoms with Gasteiger partial charge in [-0.2, -0.15) is 0 Å². The molecule has 0 bridgehead atoms. The number of hydrogen-bond acceptors (Lipinski definition) is 6. The van der Waals surface area contributed by atoms with Gasteiger partial charge >= 0.3 is 0 Å². The lowest BCUT2D eigenvalue weighted by Crippen LogP contribution is -2.53. The van der Waals surface area contributed by atoms with Crippen molar-refractivity contribution in [2.24, 2.45) is 11.3 Å². The maximum atomic E-state index is 12.4. The van der Waals surface area contributed by atoms with Gasteiger partial charge in [0.05, 0.1) is 0 Å². The Bertz CT molecular complexity index is 660. The molecule has 0 aromatic heterocycles. The van der Waals surface area contributed by atoms with Crippen LogP contribution in [0.5, 0.6) is 0 Å². The molecular weight excluding hydrogens is 352 g/mol. The predicted molar refractivity (Wildman–Crippen MR) is 100 cm³/mol. The molecule has 2 unspecified atom stereocenters. The minimum atomic E-state index is -0.792. The molecule has 0 aliphatic rings. The van der Waals surface area contributed by atoms with Crippen molar-refractivity contribution in [3.05, 3.63) is 34.7 Å². The van der Waals surface area contributed by atoms with E-state index >= 15 is 0 Å². The standard InChI is InChI=1S/C18H26N4O5/c1-5-15(23)21-16(11(2)3)18(25)19-12(4)17(24)20-14-8-6-13(7-9-14)10-27-22-26/h6-9,11-12,16H,5,10H2,1-4H3,(H,19,25)(H,20,24)(H,21,23). The van der Waals surface area contributed by atoms with Gasteiger partial charge in [0.15, 0.2) is 5.34 Å². The van der Waals surface area contributed by atoms with Gasteiger partial charge < -0.3 is 20.8 Å². The number of carbonyl (C=O) groups is 3. The van der Waals surface area contributed by atoms with E-state index in [1.165, 1.54) is 0 Å². The summed E-state index contributed by atoms with van der Waals surface area (Å²) in [6.45, 7) is 6.94. The molecule has 0 spiro atoms. The van der Waals surface area contributed by atoms with Gasteiger partial charge in [-0.05, 0) is 30.5 Å². The van der Waals surface area contributed by atoms with Crippen LogP contribution < -0.4 is 16.0 Å². The first-order valence-corrected chi connectivity index (χ1v) is 8.72. The Morgan fingerprint density at radius 2 is 1.67 bits per heavy atom. The van der Waals surface area contributed by atoms with Gasteiger partial charge in [-0.3, -0.25) is 14.4 Å². The van der Waals surface area contributed by atoms with Crippen LogP contribution in [-0.4, -0.2) is 29.8 Å². The van der Waals surface area contributed by atoms with Crippen LogP contribution in [0, 0.1) is 10.8 Å². The number of benzene rings is 1. The third-order valence-corrected chi connectivity index (χ3v) is 3.84. The molecule has 9 nitrogen and oxygen atoms in total. The van der Waals surface area contributed by atoms with Crippen molar-refractivity contribution >= 4 is 23.4 Å². The number of rotatable bonds is 10. The Hall–Kier alpha value is -2.97. The number of amides is 3. The van der Waals surface area contributed by atoms with Crippen LogP contribution in [-0.2, 0) is 25.8 Å². The Morgan fingerprint density at radius 1 is 1.04 bits per heavy atom. The van der Waals surface area contributed by atoms with Gasteiger partial charge in [-0.1, -0.05) is 32.9 Å². The highest BCUT2D eigenvalue weighted by Gasteiger charge is 2.26. The number of nitrogens with zero attached hydrogens (tertiary/aromatic N) is 1. The van der Waals surface area contributed by atoms with E-state index in [0.29, 0.717) is 5.69 Å². The molecule has 3 amide bonds. The summed E-state index contributed by atoms with van der Waals surface area (Å²) in [5.74, 6) is -1.16. The number of carbonyl (C=O) groups excluding carboxylic acids is 3. The van der Waals surface area contributed by atoms with E-state index in [9.17, 15) is 19.3 Å². The SMILES string of the molecule is CCC(=O)NC(C(=O)NC(C)C(=O)Nc1ccc(CON=O)cc1)C(C)C. The molecule has 0 aliphatic carbocycles. The summed E-state index contributed by atoms with van der Waals surface area (Å²) >= 11 is 0. The fourth-order valence-corrected chi connectivity index (χ4v) is 2.21. The third-order valence-electron chi connectivity index (χ3n) is 3.84. The molecule has 148 valence electrons. The van der Waals surface area contributed by atoms with Crippen molar-refractivity contribution in [3.63, 3.8) is 0 Å². The second kappa shape index (κ2) is 10.9. The van der Waals surface area contributed by atoms with E-state index in [1.807, 2.05) is 13.8 Å². The minimum absolute atomic E-state index is 0.0459.